The monoisotopic (exact) mass is 491 g/mol. The Kier molecular flexibility index (Phi) is 6.17. The zero-order valence-electron chi connectivity index (χ0n) is 21.6. The highest BCUT2D eigenvalue weighted by molar-refractivity contribution is 6.09. The fraction of sp³-hybridized carbons (Fsp3) is 0.207. The van der Waals surface area contributed by atoms with Gasteiger partial charge in [-0.1, -0.05) is 57.2 Å². The molecule has 8 heteroatoms. The molecule has 2 aromatic carbocycles. The molecule has 5 rings (SSSR count). The molecule has 0 aliphatic carbocycles. The highest BCUT2D eigenvalue weighted by Gasteiger charge is 2.22. The largest absolute Gasteiger partial charge is 0.324 e. The van der Waals surface area contributed by atoms with Crippen molar-refractivity contribution in [1.82, 2.24) is 24.7 Å². The topological polar surface area (TPSA) is 97.6 Å². The number of hydrogen-bond acceptors (Lipinski definition) is 5. The summed E-state index contributed by atoms with van der Waals surface area (Å²) in [5.41, 5.74) is 5.05. The molecule has 0 aliphatic rings. The Labute approximate surface area is 215 Å². The van der Waals surface area contributed by atoms with E-state index in [0.29, 0.717) is 23.0 Å². The fourth-order valence-electron chi connectivity index (χ4n) is 4.09. The van der Waals surface area contributed by atoms with Crippen molar-refractivity contribution in [2.45, 2.75) is 40.0 Å². The number of anilines is 2. The van der Waals surface area contributed by atoms with Crippen LogP contribution in [0.1, 0.15) is 38.0 Å². The lowest BCUT2D eigenvalue weighted by molar-refractivity contribution is 0.262. The minimum Gasteiger partial charge on any atom is -0.307 e. The molecule has 0 saturated heterocycles. The number of fused-ring (bicyclic) bond motifs is 1. The van der Waals surface area contributed by atoms with Crippen molar-refractivity contribution < 1.29 is 4.79 Å². The molecule has 0 radical (unpaired) electrons. The number of nitrogens with zero attached hydrogens (tertiary/aromatic N) is 5. The number of carbonyl (C=O) groups is 1. The van der Waals surface area contributed by atoms with Crippen LogP contribution < -0.4 is 10.6 Å². The lowest BCUT2D eigenvalue weighted by Gasteiger charge is -2.14. The van der Waals surface area contributed by atoms with E-state index in [4.69, 9.17) is 5.10 Å². The van der Waals surface area contributed by atoms with Gasteiger partial charge < -0.3 is 5.32 Å². The third kappa shape index (κ3) is 5.04. The van der Waals surface area contributed by atoms with Crippen molar-refractivity contribution in [2.75, 3.05) is 10.6 Å². The summed E-state index contributed by atoms with van der Waals surface area (Å²) < 4.78 is 1.66. The molecule has 37 heavy (non-hydrogen) atoms. The molecule has 2 N–H and O–H groups in total. The Hall–Kier alpha value is -4.59. The van der Waals surface area contributed by atoms with Gasteiger partial charge in [0.15, 0.2) is 0 Å². The van der Waals surface area contributed by atoms with Gasteiger partial charge in [-0.15, -0.1) is 0 Å². The van der Waals surface area contributed by atoms with Crippen molar-refractivity contribution in [2.24, 2.45) is 0 Å². The van der Waals surface area contributed by atoms with Crippen LogP contribution in [0.5, 0.6) is 0 Å². The molecule has 8 nitrogen and oxygen atoms in total. The molecule has 0 unspecified atom stereocenters. The predicted octanol–water partition coefficient (Wildman–Crippen LogP) is 6.44. The highest BCUT2D eigenvalue weighted by atomic mass is 16.2. The molecule has 0 spiro atoms. The Morgan fingerprint density at radius 1 is 0.838 bits per heavy atom. The Morgan fingerprint density at radius 3 is 2.24 bits per heavy atom. The van der Waals surface area contributed by atoms with E-state index < -0.39 is 0 Å². The van der Waals surface area contributed by atoms with Crippen LogP contribution in [0.3, 0.4) is 0 Å². The van der Waals surface area contributed by atoms with Crippen LogP contribution >= 0.6 is 0 Å². The average molecular weight is 492 g/mol. The van der Waals surface area contributed by atoms with Gasteiger partial charge in [0.25, 0.3) is 0 Å². The maximum absolute atomic E-state index is 13.2. The molecule has 0 aliphatic heterocycles. The number of pyridine rings is 1. The second-order valence-corrected chi connectivity index (χ2v) is 10.0. The zero-order chi connectivity index (χ0) is 26.2. The standard InChI is InChI=1S/C29H29N7O/c1-18-10-11-20(15-30-18)22-12-13-25(24-9-7-6-8-23(22)24)33-28(37)34-27-14-26(29(3,4)5)35-36(27)21-16-31-19(2)32-17-21/h6-17H,1-5H3,(H2,33,34,37). The number of aromatic nitrogens is 5. The molecule has 3 heterocycles. The summed E-state index contributed by atoms with van der Waals surface area (Å²) in [7, 11) is 0. The highest BCUT2D eigenvalue weighted by Crippen LogP contribution is 2.33. The molecule has 2 amide bonds. The van der Waals surface area contributed by atoms with E-state index in [2.05, 4.69) is 58.5 Å². The van der Waals surface area contributed by atoms with E-state index in [1.54, 1.807) is 17.1 Å². The minimum atomic E-state index is -0.371. The Morgan fingerprint density at radius 2 is 1.57 bits per heavy atom. The van der Waals surface area contributed by atoms with Gasteiger partial charge in [-0.05, 0) is 36.9 Å². The normalized spacial score (nSPS) is 11.5. The molecule has 0 bridgehead atoms. The van der Waals surface area contributed by atoms with Crippen LogP contribution in [0.15, 0.2) is 73.2 Å². The smallest absolute Gasteiger partial charge is 0.307 e. The molecule has 3 aromatic heterocycles. The van der Waals surface area contributed by atoms with E-state index in [9.17, 15) is 4.79 Å². The Balaban J connectivity index is 1.46. The first-order valence-corrected chi connectivity index (χ1v) is 12.1. The fourth-order valence-corrected chi connectivity index (χ4v) is 4.09. The zero-order valence-corrected chi connectivity index (χ0v) is 21.6. The number of amides is 2. The third-order valence-electron chi connectivity index (χ3n) is 6.13. The van der Waals surface area contributed by atoms with E-state index >= 15 is 0 Å². The summed E-state index contributed by atoms with van der Waals surface area (Å²) >= 11 is 0. The van der Waals surface area contributed by atoms with Gasteiger partial charge in [0.05, 0.1) is 23.8 Å². The quantitative estimate of drug-likeness (QED) is 0.302. The predicted molar refractivity (Wildman–Crippen MR) is 147 cm³/mol. The number of hydrogen-bond donors (Lipinski definition) is 2. The Bertz CT molecular complexity index is 1580. The van der Waals surface area contributed by atoms with Gasteiger partial charge in [-0.25, -0.2) is 19.4 Å². The van der Waals surface area contributed by atoms with Gasteiger partial charge in [0.2, 0.25) is 0 Å². The summed E-state index contributed by atoms with van der Waals surface area (Å²) in [6.45, 7) is 10.0. The second-order valence-electron chi connectivity index (χ2n) is 10.0. The van der Waals surface area contributed by atoms with Gasteiger partial charge in [-0.3, -0.25) is 10.3 Å². The number of urea groups is 1. The van der Waals surface area contributed by atoms with Crippen molar-refractivity contribution in [1.29, 1.82) is 0 Å². The molecular formula is C29H29N7O. The van der Waals surface area contributed by atoms with Crippen LogP contribution in [0.4, 0.5) is 16.3 Å². The van der Waals surface area contributed by atoms with Crippen molar-refractivity contribution in [3.05, 3.63) is 90.4 Å². The number of aryl methyl sites for hydroxylation is 2. The molecular weight excluding hydrogens is 462 g/mol. The lowest BCUT2D eigenvalue weighted by Crippen LogP contribution is -2.21. The first-order chi connectivity index (χ1) is 17.7. The first-order valence-electron chi connectivity index (χ1n) is 12.1. The summed E-state index contributed by atoms with van der Waals surface area (Å²) in [5.74, 6) is 1.19. The molecule has 0 fully saturated rings. The summed E-state index contributed by atoms with van der Waals surface area (Å²) in [5, 5.41) is 12.7. The van der Waals surface area contributed by atoms with E-state index in [1.807, 2.05) is 62.5 Å². The van der Waals surface area contributed by atoms with E-state index in [1.165, 1.54) is 0 Å². The first kappa shape index (κ1) is 24.1. The van der Waals surface area contributed by atoms with Crippen LogP contribution in [0.25, 0.3) is 27.6 Å². The maximum atomic E-state index is 13.2. The minimum absolute atomic E-state index is 0.208. The summed E-state index contributed by atoms with van der Waals surface area (Å²) in [6, 6.07) is 17.5. The van der Waals surface area contributed by atoms with Crippen LogP contribution in [-0.4, -0.2) is 30.8 Å². The van der Waals surface area contributed by atoms with E-state index in [0.717, 1.165) is 33.3 Å². The van der Waals surface area contributed by atoms with Gasteiger partial charge in [0.1, 0.15) is 17.3 Å². The number of benzene rings is 2. The second kappa shape index (κ2) is 9.46. The number of carbonyl (C=O) groups excluding carboxylic acids is 1. The van der Waals surface area contributed by atoms with Gasteiger partial charge >= 0.3 is 6.03 Å². The summed E-state index contributed by atoms with van der Waals surface area (Å²) in [6.07, 6.45) is 5.26. The number of nitrogens with one attached hydrogen (secondary N) is 2. The third-order valence-corrected chi connectivity index (χ3v) is 6.13. The SMILES string of the molecule is Cc1ccc(-c2ccc(NC(=O)Nc3cc(C(C)(C)C)nn3-c3cnc(C)nc3)c3ccccc23)cn1. The van der Waals surface area contributed by atoms with Crippen molar-refractivity contribution >= 4 is 28.3 Å². The molecule has 186 valence electrons. The maximum Gasteiger partial charge on any atom is 0.324 e. The van der Waals surface area contributed by atoms with E-state index in [-0.39, 0.29) is 11.4 Å². The van der Waals surface area contributed by atoms with Gasteiger partial charge in [0, 0.05) is 34.3 Å². The lowest BCUT2D eigenvalue weighted by atomic mass is 9.92. The van der Waals surface area contributed by atoms with Crippen molar-refractivity contribution in [3.63, 3.8) is 0 Å². The molecule has 0 saturated carbocycles. The van der Waals surface area contributed by atoms with Crippen molar-refractivity contribution in [3.8, 4) is 16.8 Å². The van der Waals surface area contributed by atoms with Crippen LogP contribution in [0, 0.1) is 13.8 Å². The van der Waals surface area contributed by atoms with Crippen LogP contribution in [0.2, 0.25) is 0 Å². The summed E-state index contributed by atoms with van der Waals surface area (Å²) in [4.78, 5) is 26.2. The van der Waals surface area contributed by atoms with Crippen LogP contribution in [-0.2, 0) is 5.41 Å². The van der Waals surface area contributed by atoms with Gasteiger partial charge in [-0.2, -0.15) is 5.10 Å². The number of rotatable bonds is 4. The average Bonchev–Trinajstić information content (AvgIpc) is 3.29. The molecule has 5 aromatic rings. The molecule has 0 atom stereocenters.